The lowest BCUT2D eigenvalue weighted by Gasteiger charge is -2.24. The van der Waals surface area contributed by atoms with Crippen LogP contribution in [0.25, 0.3) is 11.0 Å². The lowest BCUT2D eigenvalue weighted by atomic mass is 10.2. The summed E-state index contributed by atoms with van der Waals surface area (Å²) in [6, 6.07) is 11.1. The minimum Gasteiger partial charge on any atom is -0.320 e. The molecule has 5 rings (SSSR count). The summed E-state index contributed by atoms with van der Waals surface area (Å²) in [6.45, 7) is 2.44. The van der Waals surface area contributed by atoms with E-state index in [9.17, 15) is 14.4 Å². The highest BCUT2D eigenvalue weighted by Gasteiger charge is 2.31. The molecule has 1 aromatic heterocycles. The second-order valence-electron chi connectivity index (χ2n) is 6.31. The van der Waals surface area contributed by atoms with Crippen molar-refractivity contribution in [3.63, 3.8) is 0 Å². The van der Waals surface area contributed by atoms with Crippen molar-refractivity contribution in [2.45, 2.75) is 23.3 Å². The van der Waals surface area contributed by atoms with Crippen molar-refractivity contribution in [2.75, 3.05) is 10.6 Å². The van der Waals surface area contributed by atoms with E-state index in [1.165, 1.54) is 23.5 Å². The topological polar surface area (TPSA) is 96.0 Å². The number of para-hydroxylation sites is 1. The summed E-state index contributed by atoms with van der Waals surface area (Å²) < 4.78 is 1.64. The second-order valence-corrected chi connectivity index (χ2v) is 8.41. The highest BCUT2D eigenvalue weighted by molar-refractivity contribution is 8.08. The van der Waals surface area contributed by atoms with Gasteiger partial charge < -0.3 is 15.6 Å². The Morgan fingerprint density at radius 1 is 0.893 bits per heavy atom. The Labute approximate surface area is 167 Å². The van der Waals surface area contributed by atoms with Gasteiger partial charge in [0.25, 0.3) is 11.8 Å². The van der Waals surface area contributed by atoms with Crippen LogP contribution in [0.3, 0.4) is 0 Å². The van der Waals surface area contributed by atoms with Crippen LogP contribution in [-0.2, 0) is 16.1 Å². The zero-order valence-corrected chi connectivity index (χ0v) is 16.3. The molecule has 2 aromatic carbocycles. The molecular formula is C19H14N4O3S2. The van der Waals surface area contributed by atoms with E-state index in [2.05, 4.69) is 15.6 Å². The van der Waals surface area contributed by atoms with Crippen molar-refractivity contribution in [3.8, 4) is 0 Å². The summed E-state index contributed by atoms with van der Waals surface area (Å²) in [5.41, 5.74) is 2.61. The number of nitrogens with one attached hydrogen (secondary N) is 3. The Morgan fingerprint density at radius 2 is 1.57 bits per heavy atom. The molecule has 140 valence electrons. The molecule has 0 aliphatic carbocycles. The van der Waals surface area contributed by atoms with Gasteiger partial charge in [0.05, 0.1) is 32.2 Å². The number of hydrogen-bond donors (Lipinski definition) is 3. The predicted octanol–water partition coefficient (Wildman–Crippen LogP) is 3.35. The van der Waals surface area contributed by atoms with E-state index in [-0.39, 0.29) is 17.5 Å². The molecule has 0 saturated carbocycles. The molecule has 0 saturated heterocycles. The molecule has 0 radical (unpaired) electrons. The number of rotatable bonds is 1. The number of anilines is 2. The Kier molecular flexibility index (Phi) is 3.88. The molecule has 3 heterocycles. The largest absolute Gasteiger partial charge is 0.326 e. The van der Waals surface area contributed by atoms with Gasteiger partial charge in [0, 0.05) is 16.3 Å². The number of hydrogen-bond acceptors (Lipinski definition) is 5. The number of imidazole rings is 1. The summed E-state index contributed by atoms with van der Waals surface area (Å²) in [7, 11) is 0. The highest BCUT2D eigenvalue weighted by Crippen LogP contribution is 2.47. The van der Waals surface area contributed by atoms with Gasteiger partial charge in [-0.1, -0.05) is 35.7 Å². The molecule has 9 heteroatoms. The van der Waals surface area contributed by atoms with Crippen molar-refractivity contribution in [1.82, 2.24) is 9.55 Å². The van der Waals surface area contributed by atoms with Crippen LogP contribution in [0.4, 0.5) is 11.4 Å². The molecular weight excluding hydrogens is 396 g/mol. The van der Waals surface area contributed by atoms with Crippen LogP contribution in [0.2, 0.25) is 0 Å². The van der Waals surface area contributed by atoms with Crippen LogP contribution in [0.1, 0.15) is 6.92 Å². The number of aromatic nitrogens is 2. The van der Waals surface area contributed by atoms with Gasteiger partial charge in [-0.3, -0.25) is 14.2 Å². The van der Waals surface area contributed by atoms with E-state index in [0.29, 0.717) is 27.6 Å². The number of carbonyl (C=O) groups is 2. The monoisotopic (exact) mass is 410 g/mol. The summed E-state index contributed by atoms with van der Waals surface area (Å²) in [5.74, 6) is -0.621. The fraction of sp³-hybridized carbons (Fsp3) is 0.105. The van der Waals surface area contributed by atoms with Gasteiger partial charge in [0.15, 0.2) is 0 Å². The zero-order valence-electron chi connectivity index (χ0n) is 14.7. The van der Waals surface area contributed by atoms with E-state index in [4.69, 9.17) is 0 Å². The third kappa shape index (κ3) is 2.58. The normalized spacial score (nSPS) is 18.5. The maximum Gasteiger partial charge on any atom is 0.326 e. The van der Waals surface area contributed by atoms with E-state index >= 15 is 0 Å². The van der Waals surface area contributed by atoms with E-state index < -0.39 is 0 Å². The van der Waals surface area contributed by atoms with Gasteiger partial charge in [-0.2, -0.15) is 0 Å². The number of amides is 2. The first-order valence-electron chi connectivity index (χ1n) is 8.63. The van der Waals surface area contributed by atoms with Crippen LogP contribution in [0, 0.1) is 0 Å². The summed E-state index contributed by atoms with van der Waals surface area (Å²) >= 11 is 2.54. The number of carbonyl (C=O) groups excluding carboxylic acids is 2. The summed E-state index contributed by atoms with van der Waals surface area (Å²) in [5, 5.41) is 5.69. The quantitative estimate of drug-likeness (QED) is 0.535. The molecule has 2 amide bonds. The molecule has 2 aliphatic rings. The average molecular weight is 410 g/mol. The third-order valence-corrected chi connectivity index (χ3v) is 7.07. The molecule has 28 heavy (non-hydrogen) atoms. The van der Waals surface area contributed by atoms with Crippen molar-refractivity contribution in [3.05, 3.63) is 56.7 Å². The third-order valence-electron chi connectivity index (χ3n) is 4.62. The van der Waals surface area contributed by atoms with Gasteiger partial charge >= 0.3 is 5.69 Å². The van der Waals surface area contributed by atoms with Crippen molar-refractivity contribution in [2.24, 2.45) is 0 Å². The first-order chi connectivity index (χ1) is 13.5. The van der Waals surface area contributed by atoms with E-state index in [1.807, 2.05) is 37.3 Å². The fourth-order valence-electron chi connectivity index (χ4n) is 3.31. The first kappa shape index (κ1) is 17.2. The molecule has 0 atom stereocenters. The van der Waals surface area contributed by atoms with Gasteiger partial charge in [0.1, 0.15) is 0 Å². The van der Waals surface area contributed by atoms with Crippen LogP contribution < -0.4 is 16.3 Å². The molecule has 0 fully saturated rings. The number of thioether (sulfide) groups is 2. The maximum absolute atomic E-state index is 12.7. The minimum absolute atomic E-state index is 0.187. The number of aromatic amines is 1. The second kappa shape index (κ2) is 6.32. The fourth-order valence-corrected chi connectivity index (χ4v) is 5.42. The molecule has 0 bridgehead atoms. The lowest BCUT2D eigenvalue weighted by molar-refractivity contribution is -0.114. The Morgan fingerprint density at radius 3 is 2.32 bits per heavy atom. The molecule has 7 nitrogen and oxygen atoms in total. The van der Waals surface area contributed by atoms with Gasteiger partial charge in [-0.05, 0) is 31.2 Å². The number of fused-ring (bicyclic) bond motifs is 3. The SMILES string of the molecule is CCn1c(=O)[nH]c2cc3c(cc21)SC(=C1Sc2ccccc2NC1=O)C(=O)N3. The molecule has 3 N–H and O–H groups in total. The number of nitrogens with zero attached hydrogens (tertiary/aromatic N) is 1. The smallest absolute Gasteiger partial charge is 0.320 e. The predicted molar refractivity (Wildman–Crippen MR) is 111 cm³/mol. The van der Waals surface area contributed by atoms with Gasteiger partial charge in [0.2, 0.25) is 0 Å². The van der Waals surface area contributed by atoms with Crippen molar-refractivity contribution in [1.29, 1.82) is 0 Å². The van der Waals surface area contributed by atoms with Crippen LogP contribution in [-0.4, -0.2) is 21.4 Å². The van der Waals surface area contributed by atoms with E-state index in [1.54, 1.807) is 10.6 Å². The van der Waals surface area contributed by atoms with Crippen LogP contribution >= 0.6 is 23.5 Å². The average Bonchev–Trinajstić information content (AvgIpc) is 2.99. The highest BCUT2D eigenvalue weighted by atomic mass is 32.2. The van der Waals surface area contributed by atoms with Gasteiger partial charge in [-0.15, -0.1) is 0 Å². The number of H-pyrrole nitrogens is 1. The Balaban J connectivity index is 1.62. The van der Waals surface area contributed by atoms with Crippen molar-refractivity contribution >= 4 is 57.7 Å². The van der Waals surface area contributed by atoms with E-state index in [0.717, 1.165) is 21.0 Å². The summed E-state index contributed by atoms with van der Waals surface area (Å²) in [6.07, 6.45) is 0. The molecule has 0 spiro atoms. The Hall–Kier alpha value is -2.91. The van der Waals surface area contributed by atoms with Gasteiger partial charge in [-0.25, -0.2) is 4.79 Å². The van der Waals surface area contributed by atoms with Crippen LogP contribution in [0.15, 0.2) is 60.8 Å². The molecule has 3 aromatic rings. The molecule has 2 aliphatic heterocycles. The maximum atomic E-state index is 12.7. The standard InChI is InChI=1S/C19H14N4O3S2/c1-2-23-12-8-14-11(7-10(12)22-19(23)26)21-18(25)16(28-14)15-17(24)20-9-5-3-4-6-13(9)27-15/h3-8H,2H2,1H3,(H,20,24)(H,21,25)(H,22,26). The zero-order chi connectivity index (χ0) is 19.4. The molecule has 0 unspecified atom stereocenters. The lowest BCUT2D eigenvalue weighted by Crippen LogP contribution is -2.24. The first-order valence-corrected chi connectivity index (χ1v) is 10.3. The number of aryl methyl sites for hydroxylation is 1. The van der Waals surface area contributed by atoms with Crippen LogP contribution in [0.5, 0.6) is 0 Å². The Bertz CT molecular complexity index is 1270. The number of benzene rings is 2. The summed E-state index contributed by atoms with van der Waals surface area (Å²) in [4.78, 5) is 42.6. The minimum atomic E-state index is -0.328. The van der Waals surface area contributed by atoms with Crippen molar-refractivity contribution < 1.29 is 9.59 Å².